The van der Waals surface area contributed by atoms with E-state index in [-0.39, 0.29) is 16.6 Å². The van der Waals surface area contributed by atoms with Crippen LogP contribution in [-0.4, -0.2) is 26.2 Å². The van der Waals surface area contributed by atoms with Crippen LogP contribution in [0.15, 0.2) is 53.4 Å². The summed E-state index contributed by atoms with van der Waals surface area (Å²) in [6, 6.07) is 12.3. The number of anilines is 1. The molecule has 0 aliphatic heterocycles. The third-order valence-corrected chi connectivity index (χ3v) is 4.72. The number of rotatable bonds is 7. The van der Waals surface area contributed by atoms with Crippen LogP contribution in [-0.2, 0) is 21.4 Å². The van der Waals surface area contributed by atoms with Crippen LogP contribution >= 0.6 is 0 Å². The van der Waals surface area contributed by atoms with Crippen molar-refractivity contribution in [1.29, 1.82) is 0 Å². The average molecular weight is 375 g/mol. The first-order valence-corrected chi connectivity index (χ1v) is 9.48. The Kier molecular flexibility index (Phi) is 6.25. The minimum Gasteiger partial charge on any atom is -0.325 e. The Hall–Kier alpha value is -2.55. The summed E-state index contributed by atoms with van der Waals surface area (Å²) in [5.41, 5.74) is 1.89. The van der Waals surface area contributed by atoms with Gasteiger partial charge >= 0.3 is 0 Å². The van der Waals surface area contributed by atoms with Crippen LogP contribution in [0.25, 0.3) is 0 Å². The maximum atomic E-state index is 12.2. The van der Waals surface area contributed by atoms with E-state index in [4.69, 9.17) is 5.14 Å². The third-order valence-electron chi connectivity index (χ3n) is 3.79. The first-order chi connectivity index (χ1) is 12.2. The van der Waals surface area contributed by atoms with Crippen molar-refractivity contribution in [3.63, 3.8) is 0 Å². The van der Waals surface area contributed by atoms with Crippen LogP contribution in [0.3, 0.4) is 0 Å². The van der Waals surface area contributed by atoms with E-state index in [0.717, 1.165) is 5.56 Å². The Morgan fingerprint density at radius 3 is 2.35 bits per heavy atom. The van der Waals surface area contributed by atoms with E-state index in [0.29, 0.717) is 17.8 Å². The van der Waals surface area contributed by atoms with Gasteiger partial charge in [-0.1, -0.05) is 24.3 Å². The number of hydrogen-bond donors (Lipinski definition) is 3. The van der Waals surface area contributed by atoms with Crippen LogP contribution < -0.4 is 15.8 Å². The van der Waals surface area contributed by atoms with Crippen molar-refractivity contribution in [3.8, 4) is 0 Å². The maximum absolute atomic E-state index is 12.2. The number of carbonyl (C=O) groups is 2. The summed E-state index contributed by atoms with van der Waals surface area (Å²) in [5.74, 6) is -0.318. The number of primary sulfonamides is 1. The van der Waals surface area contributed by atoms with Gasteiger partial charge in [0.1, 0.15) is 0 Å². The molecular formula is C18H21N3O4S. The van der Waals surface area contributed by atoms with E-state index in [1.165, 1.54) is 19.1 Å². The zero-order valence-corrected chi connectivity index (χ0v) is 15.3. The Labute approximate surface area is 152 Å². The number of benzene rings is 2. The SMILES string of the molecule is CC(=O)c1cccc(NC(=O)[C@H](C)NCc2ccc(S(N)(=O)=O)cc2)c1. The number of sulfonamides is 1. The monoisotopic (exact) mass is 375 g/mol. The highest BCUT2D eigenvalue weighted by atomic mass is 32.2. The first-order valence-electron chi connectivity index (χ1n) is 7.94. The van der Waals surface area contributed by atoms with Crippen molar-refractivity contribution in [2.75, 3.05) is 5.32 Å². The zero-order valence-electron chi connectivity index (χ0n) is 14.5. The lowest BCUT2D eigenvalue weighted by Crippen LogP contribution is -2.37. The van der Waals surface area contributed by atoms with Crippen LogP contribution in [0.2, 0.25) is 0 Å². The quantitative estimate of drug-likeness (QED) is 0.636. The van der Waals surface area contributed by atoms with E-state index < -0.39 is 16.1 Å². The summed E-state index contributed by atoms with van der Waals surface area (Å²) >= 11 is 0. The molecule has 138 valence electrons. The van der Waals surface area contributed by atoms with Gasteiger partial charge in [-0.25, -0.2) is 13.6 Å². The van der Waals surface area contributed by atoms with E-state index >= 15 is 0 Å². The second-order valence-electron chi connectivity index (χ2n) is 5.92. The van der Waals surface area contributed by atoms with Crippen LogP contribution in [0.5, 0.6) is 0 Å². The lowest BCUT2D eigenvalue weighted by atomic mass is 10.1. The molecule has 2 aromatic rings. The van der Waals surface area contributed by atoms with Gasteiger partial charge in [0.25, 0.3) is 0 Å². The minimum absolute atomic E-state index is 0.0393. The summed E-state index contributed by atoms with van der Waals surface area (Å²) in [6.07, 6.45) is 0. The molecule has 0 bridgehead atoms. The summed E-state index contributed by atoms with van der Waals surface area (Å²) in [5, 5.41) is 10.9. The molecule has 0 heterocycles. The Morgan fingerprint density at radius 1 is 1.12 bits per heavy atom. The standard InChI is InChI=1S/C18H21N3O4S/c1-12(18(23)21-16-5-3-4-15(10-16)13(2)22)20-11-14-6-8-17(9-7-14)26(19,24)25/h3-10,12,20H,11H2,1-2H3,(H,21,23)(H2,19,24,25)/t12-/m0/s1. The number of carbonyl (C=O) groups excluding carboxylic acids is 2. The molecule has 2 rings (SSSR count). The largest absolute Gasteiger partial charge is 0.325 e. The fourth-order valence-corrected chi connectivity index (χ4v) is 2.74. The molecule has 26 heavy (non-hydrogen) atoms. The number of nitrogens with one attached hydrogen (secondary N) is 2. The fourth-order valence-electron chi connectivity index (χ4n) is 2.23. The highest BCUT2D eigenvalue weighted by molar-refractivity contribution is 7.89. The Balaban J connectivity index is 1.93. The normalized spacial score (nSPS) is 12.4. The van der Waals surface area contributed by atoms with Crippen molar-refractivity contribution in [1.82, 2.24) is 5.32 Å². The number of nitrogens with two attached hydrogens (primary N) is 1. The number of amides is 1. The fraction of sp³-hybridized carbons (Fsp3) is 0.222. The number of Topliss-reactive ketones (excluding diaryl/α,β-unsaturated/α-hetero) is 1. The zero-order chi connectivity index (χ0) is 19.3. The molecule has 0 fully saturated rings. The second-order valence-corrected chi connectivity index (χ2v) is 7.48. The van der Waals surface area contributed by atoms with Crippen LogP contribution in [0.1, 0.15) is 29.8 Å². The number of hydrogen-bond acceptors (Lipinski definition) is 5. The summed E-state index contributed by atoms with van der Waals surface area (Å²) in [7, 11) is -3.72. The first kappa shape index (κ1) is 19.8. The Morgan fingerprint density at radius 2 is 1.77 bits per heavy atom. The van der Waals surface area contributed by atoms with Gasteiger partial charge in [0.05, 0.1) is 10.9 Å². The van der Waals surface area contributed by atoms with Gasteiger partial charge in [-0.05, 0) is 43.7 Å². The van der Waals surface area contributed by atoms with Gasteiger partial charge in [0, 0.05) is 17.8 Å². The van der Waals surface area contributed by atoms with Crippen LogP contribution in [0.4, 0.5) is 5.69 Å². The van der Waals surface area contributed by atoms with Gasteiger partial charge in [-0.3, -0.25) is 9.59 Å². The van der Waals surface area contributed by atoms with E-state index in [1.807, 2.05) is 0 Å². The van der Waals surface area contributed by atoms with E-state index in [2.05, 4.69) is 10.6 Å². The predicted molar refractivity (Wildman–Crippen MR) is 99.2 cm³/mol. The molecule has 0 radical (unpaired) electrons. The van der Waals surface area contributed by atoms with Crippen molar-refractivity contribution < 1.29 is 18.0 Å². The summed E-state index contributed by atoms with van der Waals surface area (Å²) < 4.78 is 22.5. The number of ketones is 1. The summed E-state index contributed by atoms with van der Waals surface area (Å²) in [4.78, 5) is 23.7. The van der Waals surface area contributed by atoms with Crippen molar-refractivity contribution in [3.05, 3.63) is 59.7 Å². The van der Waals surface area contributed by atoms with Gasteiger partial charge in [0.15, 0.2) is 5.78 Å². The van der Waals surface area contributed by atoms with Crippen molar-refractivity contribution in [2.24, 2.45) is 5.14 Å². The van der Waals surface area contributed by atoms with E-state index in [9.17, 15) is 18.0 Å². The molecule has 2 aromatic carbocycles. The highest BCUT2D eigenvalue weighted by Crippen LogP contribution is 2.12. The second kappa shape index (κ2) is 8.22. The maximum Gasteiger partial charge on any atom is 0.241 e. The smallest absolute Gasteiger partial charge is 0.241 e. The van der Waals surface area contributed by atoms with Gasteiger partial charge in [-0.15, -0.1) is 0 Å². The molecule has 0 unspecified atom stereocenters. The minimum atomic E-state index is -3.72. The molecule has 4 N–H and O–H groups in total. The Bertz CT molecular complexity index is 908. The molecule has 8 heteroatoms. The molecule has 0 spiro atoms. The lowest BCUT2D eigenvalue weighted by molar-refractivity contribution is -0.117. The van der Waals surface area contributed by atoms with Gasteiger partial charge in [-0.2, -0.15) is 0 Å². The van der Waals surface area contributed by atoms with Crippen molar-refractivity contribution in [2.45, 2.75) is 31.3 Å². The van der Waals surface area contributed by atoms with Gasteiger partial charge in [0.2, 0.25) is 15.9 Å². The lowest BCUT2D eigenvalue weighted by Gasteiger charge is -2.14. The predicted octanol–water partition coefficient (Wildman–Crippen LogP) is 1.65. The topological polar surface area (TPSA) is 118 Å². The highest BCUT2D eigenvalue weighted by Gasteiger charge is 2.13. The molecule has 0 aliphatic rings. The molecule has 0 aliphatic carbocycles. The molecule has 1 amide bonds. The van der Waals surface area contributed by atoms with E-state index in [1.54, 1.807) is 43.3 Å². The molecular weight excluding hydrogens is 354 g/mol. The molecule has 0 aromatic heterocycles. The van der Waals surface area contributed by atoms with Crippen molar-refractivity contribution >= 4 is 27.4 Å². The van der Waals surface area contributed by atoms with Crippen LogP contribution in [0, 0.1) is 0 Å². The molecule has 1 atom stereocenters. The molecule has 0 saturated heterocycles. The third kappa shape index (κ3) is 5.48. The molecule has 7 nitrogen and oxygen atoms in total. The summed E-state index contributed by atoms with van der Waals surface area (Å²) in [6.45, 7) is 3.56. The average Bonchev–Trinajstić information content (AvgIpc) is 2.59. The van der Waals surface area contributed by atoms with Gasteiger partial charge < -0.3 is 10.6 Å². The molecule has 0 saturated carbocycles.